The Bertz CT molecular complexity index is 37.7. The molecule has 0 unspecified atom stereocenters. The van der Waals surface area contributed by atoms with Crippen molar-refractivity contribution in [3.05, 3.63) is 0 Å². The Labute approximate surface area is 63.8 Å². The van der Waals surface area contributed by atoms with Crippen LogP contribution < -0.4 is 0 Å². The van der Waals surface area contributed by atoms with Crippen molar-refractivity contribution in [1.82, 2.24) is 0 Å². The first-order valence-electron chi connectivity index (χ1n) is 4.29. The van der Waals surface area contributed by atoms with E-state index in [0.717, 1.165) is 0 Å². The van der Waals surface area contributed by atoms with E-state index < -0.39 is 0 Å². The van der Waals surface area contributed by atoms with Gasteiger partial charge in [0.15, 0.2) is 0 Å². The van der Waals surface area contributed by atoms with E-state index in [2.05, 4.69) is 0 Å². The van der Waals surface area contributed by atoms with Crippen LogP contribution in [0.1, 0.15) is 51.4 Å². The molecule has 1 nitrogen and oxygen atoms in total. The van der Waals surface area contributed by atoms with Crippen LogP contribution in [0.4, 0.5) is 0 Å². The van der Waals surface area contributed by atoms with Crippen LogP contribution >= 0.6 is 0 Å². The van der Waals surface area contributed by atoms with Gasteiger partial charge in [-0.3, -0.25) is 0 Å². The van der Waals surface area contributed by atoms with Crippen molar-refractivity contribution in [1.29, 1.82) is 0 Å². The van der Waals surface area contributed by atoms with Gasteiger partial charge in [-0.1, -0.05) is 51.4 Å². The molecule has 0 bridgehead atoms. The minimum atomic E-state index is 1.50. The summed E-state index contributed by atoms with van der Waals surface area (Å²) in [7, 11) is 0. The lowest BCUT2D eigenvalue weighted by Crippen LogP contribution is -1.85. The van der Waals surface area contributed by atoms with Crippen molar-refractivity contribution in [2.75, 3.05) is 0 Å². The third-order valence-electron chi connectivity index (χ3n) is 2.00. The Hall–Kier alpha value is -0.330. The summed E-state index contributed by atoms with van der Waals surface area (Å²) in [4.78, 5) is 8.00. The Kier molecular flexibility index (Phi) is 8.38. The van der Waals surface area contributed by atoms with Crippen LogP contribution in [0, 0.1) is 0 Å². The fourth-order valence-corrected chi connectivity index (χ4v) is 1.41. The van der Waals surface area contributed by atoms with Gasteiger partial charge in [-0.2, -0.15) is 0 Å². The van der Waals surface area contributed by atoms with Crippen LogP contribution in [0.5, 0.6) is 0 Å². The molecule has 0 saturated heterocycles. The largest absolute Gasteiger partial charge is 0.307 e. The van der Waals surface area contributed by atoms with Gasteiger partial charge in [0, 0.05) is 0 Å². The molecule has 0 heterocycles. The maximum atomic E-state index is 8.00. The number of hydrogen-bond acceptors (Lipinski definition) is 1. The van der Waals surface area contributed by atoms with Crippen LogP contribution in [0.3, 0.4) is 0 Å². The molecule has 1 rings (SSSR count). The van der Waals surface area contributed by atoms with Crippen molar-refractivity contribution in [2.24, 2.45) is 0 Å². The molecule has 0 radical (unpaired) electrons. The zero-order valence-electron chi connectivity index (χ0n) is 6.77. The number of hydrogen-bond donors (Lipinski definition) is 0. The molecule has 0 aromatic heterocycles. The van der Waals surface area contributed by atoms with Crippen molar-refractivity contribution >= 4 is 6.79 Å². The van der Waals surface area contributed by atoms with E-state index in [0.29, 0.717) is 0 Å². The van der Waals surface area contributed by atoms with Crippen molar-refractivity contribution in [3.8, 4) is 0 Å². The molecule has 0 spiro atoms. The lowest BCUT2D eigenvalue weighted by Gasteiger charge is -2.05. The van der Waals surface area contributed by atoms with Crippen molar-refractivity contribution in [2.45, 2.75) is 51.4 Å². The van der Waals surface area contributed by atoms with Gasteiger partial charge < -0.3 is 4.79 Å². The third-order valence-corrected chi connectivity index (χ3v) is 2.00. The first-order valence-corrected chi connectivity index (χ1v) is 4.29. The molecule has 1 aliphatic carbocycles. The van der Waals surface area contributed by atoms with Crippen LogP contribution in [-0.2, 0) is 4.79 Å². The van der Waals surface area contributed by atoms with E-state index in [4.69, 9.17) is 4.79 Å². The van der Waals surface area contributed by atoms with Crippen molar-refractivity contribution < 1.29 is 4.79 Å². The summed E-state index contributed by atoms with van der Waals surface area (Å²) in [5.41, 5.74) is 0. The fraction of sp³-hybridized carbons (Fsp3) is 0.889. The number of carbonyl (C=O) groups is 1. The average molecular weight is 142 g/mol. The molecule has 1 fully saturated rings. The lowest BCUT2D eigenvalue weighted by molar-refractivity contribution is -0.0979. The lowest BCUT2D eigenvalue weighted by atomic mass is 10.0. The first kappa shape index (κ1) is 9.67. The molecule has 1 aliphatic rings. The molecule has 0 aliphatic heterocycles. The second kappa shape index (κ2) is 8.67. The summed E-state index contributed by atoms with van der Waals surface area (Å²) in [6.07, 6.45) is 12.0. The van der Waals surface area contributed by atoms with Crippen molar-refractivity contribution in [3.63, 3.8) is 0 Å². The summed E-state index contributed by atoms with van der Waals surface area (Å²) < 4.78 is 0. The molecule has 1 saturated carbocycles. The third kappa shape index (κ3) is 5.80. The van der Waals surface area contributed by atoms with E-state index in [9.17, 15) is 0 Å². The zero-order valence-corrected chi connectivity index (χ0v) is 6.77. The quantitative estimate of drug-likeness (QED) is 0.508. The van der Waals surface area contributed by atoms with E-state index in [-0.39, 0.29) is 0 Å². The Morgan fingerprint density at radius 2 is 0.600 bits per heavy atom. The van der Waals surface area contributed by atoms with Gasteiger partial charge in [0.2, 0.25) is 0 Å². The maximum Gasteiger partial charge on any atom is 0.106 e. The van der Waals surface area contributed by atoms with Crippen LogP contribution in [0.2, 0.25) is 0 Å². The highest BCUT2D eigenvalue weighted by Gasteiger charge is 1.95. The average Bonchev–Trinajstić information content (AvgIpc) is 1.90. The summed E-state index contributed by atoms with van der Waals surface area (Å²) in [5, 5.41) is 0. The standard InChI is InChI=1S/C8H16.CH2O/c1-2-4-6-8-7-5-3-1;1-2/h1-8H2;1H2. The second-order valence-corrected chi connectivity index (χ2v) is 2.83. The molecule has 60 valence electrons. The second-order valence-electron chi connectivity index (χ2n) is 2.83. The highest BCUT2D eigenvalue weighted by molar-refractivity contribution is 5.10. The topological polar surface area (TPSA) is 17.1 Å². The summed E-state index contributed by atoms with van der Waals surface area (Å²) >= 11 is 0. The predicted molar refractivity (Wildman–Crippen MR) is 44.1 cm³/mol. The molecular weight excluding hydrogens is 124 g/mol. The molecule has 10 heavy (non-hydrogen) atoms. The molecular formula is C9H18O. The maximum absolute atomic E-state index is 8.00. The molecule has 0 amide bonds. The van der Waals surface area contributed by atoms with Gasteiger partial charge in [0.25, 0.3) is 0 Å². The van der Waals surface area contributed by atoms with Crippen LogP contribution in [0.25, 0.3) is 0 Å². The first-order chi connectivity index (χ1) is 5.00. The smallest absolute Gasteiger partial charge is 0.106 e. The van der Waals surface area contributed by atoms with Crippen LogP contribution in [-0.4, -0.2) is 6.79 Å². The summed E-state index contributed by atoms with van der Waals surface area (Å²) in [6, 6.07) is 0. The van der Waals surface area contributed by atoms with E-state index in [1.54, 1.807) is 0 Å². The van der Waals surface area contributed by atoms with E-state index in [1.807, 2.05) is 6.79 Å². The Balaban J connectivity index is 0.000000371. The van der Waals surface area contributed by atoms with Gasteiger partial charge in [-0.25, -0.2) is 0 Å². The molecule has 0 aromatic rings. The Morgan fingerprint density at radius 3 is 0.700 bits per heavy atom. The molecule has 0 aromatic carbocycles. The minimum absolute atomic E-state index is 1.50. The molecule has 0 N–H and O–H groups in total. The van der Waals surface area contributed by atoms with E-state index >= 15 is 0 Å². The number of carbonyl (C=O) groups excluding carboxylic acids is 1. The Morgan fingerprint density at radius 1 is 0.500 bits per heavy atom. The predicted octanol–water partition coefficient (Wildman–Crippen LogP) is 2.94. The van der Waals surface area contributed by atoms with Gasteiger partial charge in [-0.15, -0.1) is 0 Å². The van der Waals surface area contributed by atoms with Gasteiger partial charge in [0.05, 0.1) is 0 Å². The SMILES string of the molecule is C1CCCCCCC1.C=O. The van der Waals surface area contributed by atoms with Crippen LogP contribution in [0.15, 0.2) is 0 Å². The summed E-state index contributed by atoms with van der Waals surface area (Å²) in [5.74, 6) is 0. The molecule has 1 heteroatoms. The van der Waals surface area contributed by atoms with Gasteiger partial charge in [-0.05, 0) is 0 Å². The van der Waals surface area contributed by atoms with Gasteiger partial charge >= 0.3 is 0 Å². The zero-order chi connectivity index (χ0) is 7.66. The number of rotatable bonds is 0. The molecule has 0 atom stereocenters. The minimum Gasteiger partial charge on any atom is -0.307 e. The van der Waals surface area contributed by atoms with E-state index in [1.165, 1.54) is 51.4 Å². The normalized spacial score (nSPS) is 19.6. The monoisotopic (exact) mass is 142 g/mol. The highest BCUT2D eigenvalue weighted by atomic mass is 16.1. The summed E-state index contributed by atoms with van der Waals surface area (Å²) in [6.45, 7) is 2.00. The highest BCUT2D eigenvalue weighted by Crippen LogP contribution is 2.15. The van der Waals surface area contributed by atoms with Gasteiger partial charge in [0.1, 0.15) is 6.79 Å². The fourth-order valence-electron chi connectivity index (χ4n) is 1.41.